The molecule has 2 nitrogen and oxygen atoms in total. The number of rotatable bonds is 2. The molecule has 0 fully saturated rings. The van der Waals surface area contributed by atoms with Crippen molar-refractivity contribution in [3.05, 3.63) is 28.7 Å². The van der Waals surface area contributed by atoms with Gasteiger partial charge in [0, 0.05) is 17.2 Å². The smallest absolute Gasteiger partial charge is 0.105 e. The SMILES string of the molecule is CN(CC#N)c1ccc(Br)cc1. The van der Waals surface area contributed by atoms with Gasteiger partial charge in [-0.25, -0.2) is 0 Å². The monoisotopic (exact) mass is 224 g/mol. The van der Waals surface area contributed by atoms with E-state index in [1.54, 1.807) is 0 Å². The Kier molecular flexibility index (Phi) is 3.12. The Morgan fingerprint density at radius 3 is 2.50 bits per heavy atom. The lowest BCUT2D eigenvalue weighted by Crippen LogP contribution is -2.16. The molecular weight excluding hydrogens is 216 g/mol. The summed E-state index contributed by atoms with van der Waals surface area (Å²) in [5, 5.41) is 8.45. The van der Waals surface area contributed by atoms with Crippen molar-refractivity contribution in [2.75, 3.05) is 18.5 Å². The van der Waals surface area contributed by atoms with Crippen molar-refractivity contribution < 1.29 is 0 Å². The molecule has 3 heteroatoms. The van der Waals surface area contributed by atoms with E-state index in [4.69, 9.17) is 5.26 Å². The van der Waals surface area contributed by atoms with Crippen LogP contribution in [0.4, 0.5) is 5.69 Å². The molecule has 0 radical (unpaired) electrons. The average molecular weight is 225 g/mol. The Morgan fingerprint density at radius 1 is 1.42 bits per heavy atom. The van der Waals surface area contributed by atoms with Gasteiger partial charge in [-0.15, -0.1) is 0 Å². The molecule has 62 valence electrons. The molecule has 0 unspecified atom stereocenters. The molecule has 0 aliphatic heterocycles. The van der Waals surface area contributed by atoms with Crippen molar-refractivity contribution in [1.29, 1.82) is 5.26 Å². The Morgan fingerprint density at radius 2 is 2.00 bits per heavy atom. The molecule has 0 aliphatic rings. The summed E-state index contributed by atoms with van der Waals surface area (Å²) in [6, 6.07) is 9.97. The predicted molar refractivity (Wildman–Crippen MR) is 53.0 cm³/mol. The Bertz CT molecular complexity index is 286. The quantitative estimate of drug-likeness (QED) is 0.722. The standard InChI is InChI=1S/C9H9BrN2/c1-12(7-6-11)9-4-2-8(10)3-5-9/h2-5H,7H2,1H3. The molecule has 1 aromatic carbocycles. The zero-order valence-corrected chi connectivity index (χ0v) is 8.37. The summed E-state index contributed by atoms with van der Waals surface area (Å²) in [7, 11) is 1.90. The molecule has 0 amide bonds. The summed E-state index contributed by atoms with van der Waals surface area (Å²) in [4.78, 5) is 1.90. The number of halogens is 1. The lowest BCUT2D eigenvalue weighted by Gasteiger charge is -2.14. The van der Waals surface area contributed by atoms with Crippen molar-refractivity contribution in [2.24, 2.45) is 0 Å². The van der Waals surface area contributed by atoms with E-state index >= 15 is 0 Å². The first-order chi connectivity index (χ1) is 5.74. The van der Waals surface area contributed by atoms with E-state index in [0.29, 0.717) is 6.54 Å². The highest BCUT2D eigenvalue weighted by Crippen LogP contribution is 2.16. The van der Waals surface area contributed by atoms with Gasteiger partial charge in [0.15, 0.2) is 0 Å². The van der Waals surface area contributed by atoms with E-state index < -0.39 is 0 Å². The van der Waals surface area contributed by atoms with Gasteiger partial charge in [0.25, 0.3) is 0 Å². The van der Waals surface area contributed by atoms with Crippen LogP contribution in [0.2, 0.25) is 0 Å². The fourth-order valence-corrected chi connectivity index (χ4v) is 1.16. The van der Waals surface area contributed by atoms with Gasteiger partial charge in [-0.3, -0.25) is 0 Å². The number of hydrogen-bond acceptors (Lipinski definition) is 2. The van der Waals surface area contributed by atoms with Crippen LogP contribution in [0.5, 0.6) is 0 Å². The van der Waals surface area contributed by atoms with Crippen LogP contribution in [0.3, 0.4) is 0 Å². The van der Waals surface area contributed by atoms with E-state index in [9.17, 15) is 0 Å². The molecule has 0 aromatic heterocycles. The van der Waals surface area contributed by atoms with Gasteiger partial charge in [0.05, 0.1) is 6.07 Å². The van der Waals surface area contributed by atoms with E-state index in [0.717, 1.165) is 10.2 Å². The summed E-state index contributed by atoms with van der Waals surface area (Å²) in [5.74, 6) is 0. The van der Waals surface area contributed by atoms with Gasteiger partial charge in [0.1, 0.15) is 6.54 Å². The van der Waals surface area contributed by atoms with Crippen LogP contribution in [0.25, 0.3) is 0 Å². The second-order valence-corrected chi connectivity index (χ2v) is 3.41. The molecule has 0 saturated carbocycles. The average Bonchev–Trinajstić information content (AvgIpc) is 2.06. The van der Waals surface area contributed by atoms with Gasteiger partial charge in [-0.2, -0.15) is 5.26 Å². The van der Waals surface area contributed by atoms with Crippen molar-refractivity contribution >= 4 is 21.6 Å². The number of benzene rings is 1. The van der Waals surface area contributed by atoms with E-state index in [1.807, 2.05) is 36.2 Å². The van der Waals surface area contributed by atoms with Crippen LogP contribution in [0.1, 0.15) is 0 Å². The van der Waals surface area contributed by atoms with Gasteiger partial charge >= 0.3 is 0 Å². The molecule has 12 heavy (non-hydrogen) atoms. The molecule has 0 atom stereocenters. The van der Waals surface area contributed by atoms with Crippen LogP contribution in [-0.2, 0) is 0 Å². The van der Waals surface area contributed by atoms with Crippen LogP contribution < -0.4 is 4.90 Å². The highest BCUT2D eigenvalue weighted by atomic mass is 79.9. The maximum absolute atomic E-state index is 8.45. The molecule has 0 bridgehead atoms. The maximum Gasteiger partial charge on any atom is 0.105 e. The summed E-state index contributed by atoms with van der Waals surface area (Å²) < 4.78 is 1.05. The van der Waals surface area contributed by atoms with Crippen LogP contribution >= 0.6 is 15.9 Å². The lowest BCUT2D eigenvalue weighted by atomic mass is 10.3. The highest BCUT2D eigenvalue weighted by molar-refractivity contribution is 9.10. The van der Waals surface area contributed by atoms with E-state index in [1.165, 1.54) is 0 Å². The van der Waals surface area contributed by atoms with Crippen molar-refractivity contribution in [2.45, 2.75) is 0 Å². The second kappa shape index (κ2) is 4.13. The lowest BCUT2D eigenvalue weighted by molar-refractivity contribution is 1.04. The molecule has 0 spiro atoms. The molecule has 0 saturated heterocycles. The van der Waals surface area contributed by atoms with Crippen LogP contribution in [0, 0.1) is 11.3 Å². The first-order valence-electron chi connectivity index (χ1n) is 3.57. The number of nitrogens with zero attached hydrogens (tertiary/aromatic N) is 2. The molecule has 0 aliphatic carbocycles. The Hall–Kier alpha value is -1.01. The zero-order valence-electron chi connectivity index (χ0n) is 6.79. The zero-order chi connectivity index (χ0) is 8.97. The van der Waals surface area contributed by atoms with Gasteiger partial charge < -0.3 is 4.90 Å². The number of anilines is 1. The fourth-order valence-electron chi connectivity index (χ4n) is 0.893. The predicted octanol–water partition coefficient (Wildman–Crippen LogP) is 2.41. The fraction of sp³-hybridized carbons (Fsp3) is 0.222. The third kappa shape index (κ3) is 2.24. The summed E-state index contributed by atoms with van der Waals surface area (Å²) in [6.07, 6.45) is 0. The van der Waals surface area contributed by atoms with E-state index in [2.05, 4.69) is 22.0 Å². The number of nitriles is 1. The van der Waals surface area contributed by atoms with Gasteiger partial charge in [-0.05, 0) is 24.3 Å². The van der Waals surface area contributed by atoms with E-state index in [-0.39, 0.29) is 0 Å². The second-order valence-electron chi connectivity index (χ2n) is 2.49. The summed E-state index contributed by atoms with van der Waals surface area (Å²) in [5.41, 5.74) is 1.06. The van der Waals surface area contributed by atoms with Gasteiger partial charge in [-0.1, -0.05) is 15.9 Å². The minimum absolute atomic E-state index is 0.418. The van der Waals surface area contributed by atoms with Gasteiger partial charge in [0.2, 0.25) is 0 Å². The molecule has 1 aromatic rings. The van der Waals surface area contributed by atoms with Crippen molar-refractivity contribution in [3.63, 3.8) is 0 Å². The van der Waals surface area contributed by atoms with Crippen molar-refractivity contribution in [3.8, 4) is 6.07 Å². The van der Waals surface area contributed by atoms with Crippen LogP contribution in [0.15, 0.2) is 28.7 Å². The van der Waals surface area contributed by atoms with Crippen molar-refractivity contribution in [1.82, 2.24) is 0 Å². The minimum atomic E-state index is 0.418. The Labute approximate surface area is 80.5 Å². The highest BCUT2D eigenvalue weighted by Gasteiger charge is 1.97. The maximum atomic E-state index is 8.45. The molecule has 1 rings (SSSR count). The minimum Gasteiger partial charge on any atom is -0.361 e. The van der Waals surface area contributed by atoms with Crippen LogP contribution in [-0.4, -0.2) is 13.6 Å². The number of hydrogen-bond donors (Lipinski definition) is 0. The summed E-state index contributed by atoms with van der Waals surface area (Å²) >= 11 is 3.35. The first kappa shape index (κ1) is 9.08. The normalized spacial score (nSPS) is 9.08. The first-order valence-corrected chi connectivity index (χ1v) is 4.37. The third-order valence-corrected chi connectivity index (χ3v) is 2.10. The molecule has 0 heterocycles. The summed E-state index contributed by atoms with van der Waals surface area (Å²) in [6.45, 7) is 0.418. The Balaban J connectivity index is 2.76. The topological polar surface area (TPSA) is 27.0 Å². The molecule has 0 N–H and O–H groups in total. The largest absolute Gasteiger partial charge is 0.361 e. The molecular formula is C9H9BrN2. The third-order valence-electron chi connectivity index (χ3n) is 1.58.